The second-order valence-corrected chi connectivity index (χ2v) is 3.06. The average Bonchev–Trinajstić information content (AvgIpc) is 1.61. The van der Waals surface area contributed by atoms with E-state index in [1.165, 1.54) is 13.4 Å². The van der Waals surface area contributed by atoms with E-state index >= 15 is 0 Å². The van der Waals surface area contributed by atoms with Crippen LogP contribution in [-0.2, 0) is 9.53 Å². The van der Waals surface area contributed by atoms with Gasteiger partial charge in [0.15, 0.2) is 0 Å². The average molecular weight is 117 g/mol. The van der Waals surface area contributed by atoms with Gasteiger partial charge in [0.1, 0.15) is 0 Å². The molecule has 0 aromatic rings. The van der Waals surface area contributed by atoms with Crippen molar-refractivity contribution in [3.8, 4) is 0 Å². The zero-order valence-electron chi connectivity index (χ0n) is 4.55. The quantitative estimate of drug-likeness (QED) is 0.382. The first-order valence-electron chi connectivity index (χ1n) is 2.12. The van der Waals surface area contributed by atoms with Crippen LogP contribution in [0.5, 0.6) is 0 Å². The first-order chi connectivity index (χ1) is 3.27. The summed E-state index contributed by atoms with van der Waals surface area (Å²) >= 11 is 0. The van der Waals surface area contributed by atoms with E-state index in [0.717, 1.165) is 0 Å². The SMILES string of the molecule is COC=C[SiH](C)[O]. The maximum Gasteiger partial charge on any atom is 0.245 e. The van der Waals surface area contributed by atoms with Gasteiger partial charge in [0.25, 0.3) is 0 Å². The summed E-state index contributed by atoms with van der Waals surface area (Å²) < 4.78 is 4.51. The molecule has 3 heteroatoms. The minimum absolute atomic E-state index is 1.45. The highest BCUT2D eigenvalue weighted by molar-refractivity contribution is 6.54. The molecule has 0 bridgehead atoms. The Balaban J connectivity index is 3.08. The van der Waals surface area contributed by atoms with Crippen LogP contribution in [0, 0.1) is 0 Å². The lowest BCUT2D eigenvalue weighted by Gasteiger charge is -1.85. The standard InChI is InChI=1S/C4H9O2Si/c1-6-3-4-7(2)5/h3-4,7H,1-2H3. The fourth-order valence-corrected chi connectivity index (χ4v) is 0.568. The lowest BCUT2D eigenvalue weighted by molar-refractivity contribution is 0.337. The van der Waals surface area contributed by atoms with Crippen LogP contribution in [-0.4, -0.2) is 16.2 Å². The van der Waals surface area contributed by atoms with Crippen LogP contribution in [0.3, 0.4) is 0 Å². The van der Waals surface area contributed by atoms with E-state index in [9.17, 15) is 4.80 Å². The van der Waals surface area contributed by atoms with Gasteiger partial charge in [0, 0.05) is 0 Å². The van der Waals surface area contributed by atoms with Crippen LogP contribution in [0.4, 0.5) is 0 Å². The Morgan fingerprint density at radius 3 is 2.43 bits per heavy atom. The Morgan fingerprint density at radius 1 is 1.71 bits per heavy atom. The van der Waals surface area contributed by atoms with Crippen molar-refractivity contribution >= 4 is 9.04 Å². The van der Waals surface area contributed by atoms with Crippen LogP contribution in [0.1, 0.15) is 0 Å². The van der Waals surface area contributed by atoms with Gasteiger partial charge in [0.2, 0.25) is 9.04 Å². The molecule has 0 aromatic heterocycles. The number of ether oxygens (including phenoxy) is 1. The molecule has 2 nitrogen and oxygen atoms in total. The van der Waals surface area contributed by atoms with Gasteiger partial charge in [-0.15, -0.1) is 0 Å². The molecule has 41 valence electrons. The summed E-state index contributed by atoms with van der Waals surface area (Å²) in [5, 5.41) is 0. The molecule has 7 heavy (non-hydrogen) atoms. The first-order valence-corrected chi connectivity index (χ1v) is 4.42. The van der Waals surface area contributed by atoms with Crippen LogP contribution < -0.4 is 0 Å². The molecule has 0 aliphatic carbocycles. The highest BCUT2D eigenvalue weighted by Gasteiger charge is 1.88. The molecule has 0 aliphatic rings. The highest BCUT2D eigenvalue weighted by Crippen LogP contribution is 1.77. The number of rotatable bonds is 2. The van der Waals surface area contributed by atoms with Gasteiger partial charge < -0.3 is 4.74 Å². The van der Waals surface area contributed by atoms with Crippen LogP contribution in [0.15, 0.2) is 12.0 Å². The first kappa shape index (κ1) is 6.72. The molecule has 0 amide bonds. The second-order valence-electron chi connectivity index (χ2n) is 1.27. The smallest absolute Gasteiger partial charge is 0.245 e. The molecule has 0 rings (SSSR count). The third kappa shape index (κ3) is 5.72. The molecular weight excluding hydrogens is 108 g/mol. The molecule has 0 N–H and O–H groups in total. The highest BCUT2D eigenvalue weighted by atomic mass is 28.3. The molecule has 1 radical (unpaired) electrons. The van der Waals surface area contributed by atoms with Crippen LogP contribution in [0.25, 0.3) is 0 Å². The van der Waals surface area contributed by atoms with E-state index in [-0.39, 0.29) is 0 Å². The van der Waals surface area contributed by atoms with E-state index in [0.29, 0.717) is 0 Å². The van der Waals surface area contributed by atoms with Gasteiger partial charge in [-0.05, 0) is 12.2 Å². The predicted octanol–water partition coefficient (Wildman–Crippen LogP) is 0.470. The summed E-state index contributed by atoms with van der Waals surface area (Å²) in [5.41, 5.74) is 1.58. The lowest BCUT2D eigenvalue weighted by Crippen LogP contribution is -1.96. The Morgan fingerprint density at radius 2 is 2.29 bits per heavy atom. The van der Waals surface area contributed by atoms with Gasteiger partial charge >= 0.3 is 0 Å². The van der Waals surface area contributed by atoms with Gasteiger partial charge in [0.05, 0.1) is 13.4 Å². The molecule has 1 unspecified atom stereocenters. The van der Waals surface area contributed by atoms with Crippen molar-refractivity contribution < 1.29 is 9.53 Å². The Hall–Kier alpha value is -0.283. The van der Waals surface area contributed by atoms with E-state index in [1.54, 1.807) is 12.2 Å². The van der Waals surface area contributed by atoms with E-state index in [2.05, 4.69) is 4.74 Å². The Labute approximate surface area is 45.2 Å². The normalized spacial score (nSPS) is 14.7. The molecule has 0 aliphatic heterocycles. The van der Waals surface area contributed by atoms with E-state index in [4.69, 9.17) is 0 Å². The van der Waals surface area contributed by atoms with Crippen molar-refractivity contribution in [3.05, 3.63) is 12.0 Å². The number of hydrogen-bond donors (Lipinski definition) is 0. The monoisotopic (exact) mass is 117 g/mol. The molecule has 0 heterocycles. The molecular formula is C4H9O2Si. The maximum absolute atomic E-state index is 10.3. The third-order valence-electron chi connectivity index (χ3n) is 0.486. The molecule has 0 spiro atoms. The summed E-state index contributed by atoms with van der Waals surface area (Å²) in [7, 11) is -0.209. The minimum Gasteiger partial charge on any atom is -0.505 e. The van der Waals surface area contributed by atoms with Gasteiger partial charge in [-0.25, -0.2) is 0 Å². The molecule has 0 saturated carbocycles. The molecule has 0 saturated heterocycles. The van der Waals surface area contributed by atoms with Crippen LogP contribution in [0.2, 0.25) is 6.55 Å². The van der Waals surface area contributed by atoms with Crippen LogP contribution >= 0.6 is 0 Å². The Bertz CT molecular complexity index is 60.7. The zero-order chi connectivity index (χ0) is 5.70. The summed E-state index contributed by atoms with van der Waals surface area (Å²) in [6.07, 6.45) is 1.45. The van der Waals surface area contributed by atoms with Crippen molar-refractivity contribution in [2.45, 2.75) is 6.55 Å². The minimum atomic E-state index is -1.74. The van der Waals surface area contributed by atoms with Crippen molar-refractivity contribution in [2.24, 2.45) is 0 Å². The second kappa shape index (κ2) is 3.89. The van der Waals surface area contributed by atoms with Crippen molar-refractivity contribution in [1.29, 1.82) is 0 Å². The van der Waals surface area contributed by atoms with Gasteiger partial charge in [-0.1, -0.05) is 0 Å². The molecule has 0 fully saturated rings. The summed E-state index contributed by atoms with van der Waals surface area (Å²) in [6.45, 7) is 1.69. The maximum atomic E-state index is 10.3. The van der Waals surface area contributed by atoms with Gasteiger partial charge in [-0.3, -0.25) is 4.80 Å². The summed E-state index contributed by atoms with van der Waals surface area (Å²) in [6, 6.07) is 0. The number of methoxy groups -OCH3 is 1. The lowest BCUT2D eigenvalue weighted by atomic mass is 11.1. The predicted molar refractivity (Wildman–Crippen MR) is 29.8 cm³/mol. The van der Waals surface area contributed by atoms with E-state index < -0.39 is 9.04 Å². The molecule has 0 aromatic carbocycles. The third-order valence-corrected chi connectivity index (χ3v) is 1.18. The fraction of sp³-hybridized carbons (Fsp3) is 0.500. The van der Waals surface area contributed by atoms with Crippen molar-refractivity contribution in [1.82, 2.24) is 0 Å². The largest absolute Gasteiger partial charge is 0.505 e. The Kier molecular flexibility index (Phi) is 3.73. The van der Waals surface area contributed by atoms with Crippen molar-refractivity contribution in [2.75, 3.05) is 7.11 Å². The zero-order valence-corrected chi connectivity index (χ0v) is 5.70. The van der Waals surface area contributed by atoms with E-state index in [1.807, 2.05) is 0 Å². The summed E-state index contributed by atoms with van der Waals surface area (Å²) in [5.74, 6) is 0. The topological polar surface area (TPSA) is 29.1 Å². The molecule has 1 atom stereocenters. The fourth-order valence-electron chi connectivity index (χ4n) is 0.189. The summed E-state index contributed by atoms with van der Waals surface area (Å²) in [4.78, 5) is 10.3. The number of hydrogen-bond acceptors (Lipinski definition) is 1. The van der Waals surface area contributed by atoms with Gasteiger partial charge in [-0.2, -0.15) is 0 Å². The van der Waals surface area contributed by atoms with Crippen molar-refractivity contribution in [3.63, 3.8) is 0 Å².